The van der Waals surface area contributed by atoms with Crippen LogP contribution in [0.3, 0.4) is 0 Å². The minimum absolute atomic E-state index is 0. The first-order valence-corrected chi connectivity index (χ1v) is 10.3. The van der Waals surface area contributed by atoms with Crippen LogP contribution in [0.25, 0.3) is 0 Å². The molecule has 1 unspecified atom stereocenters. The molecule has 1 fully saturated rings. The Balaban J connectivity index is 0.000000855. The molecular formula is C23H42N2O2. The Kier molecular flexibility index (Phi) is 11.0. The van der Waals surface area contributed by atoms with Crippen molar-refractivity contribution in [3.63, 3.8) is 0 Å². The Morgan fingerprint density at radius 2 is 1.74 bits per heavy atom. The lowest BCUT2D eigenvalue weighted by Gasteiger charge is -2.37. The minimum atomic E-state index is 0. The molecule has 1 atom stereocenters. The molecule has 1 aliphatic heterocycles. The van der Waals surface area contributed by atoms with Crippen molar-refractivity contribution < 1.29 is 9.57 Å². The molecule has 1 aliphatic carbocycles. The maximum Gasteiger partial charge on any atom is 0.119 e. The number of aryl methyl sites for hydroxylation is 1. The number of hydrogen-bond acceptors (Lipinski definition) is 4. The zero-order valence-corrected chi connectivity index (χ0v) is 17.5. The summed E-state index contributed by atoms with van der Waals surface area (Å²) in [6.07, 6.45) is 7.35. The number of nitrogens with zero attached hydrogens (tertiary/aromatic N) is 2. The first kappa shape index (κ1) is 23.9. The SMILES string of the molecule is C.CCC.COc1ccc2c(c1)CC(N(C)CC1CCN(OC)CC1)CC2. The smallest absolute Gasteiger partial charge is 0.119 e. The highest BCUT2D eigenvalue weighted by Crippen LogP contribution is 2.28. The molecule has 1 aromatic rings. The molecule has 1 heterocycles. The van der Waals surface area contributed by atoms with Gasteiger partial charge in [-0.25, -0.2) is 0 Å². The molecule has 2 aliphatic rings. The standard InChI is InChI=1S/C19H30N2O2.C3H8.CH4/c1-20(14-15-8-10-21(23-3)11-9-15)18-6-4-16-5-7-19(22-2)13-17(16)12-18;1-3-2;/h5,7,13,15,18H,4,6,8-12,14H2,1-3H3;3H2,1-2H3;1H4. The van der Waals surface area contributed by atoms with E-state index in [1.165, 1.54) is 49.8 Å². The van der Waals surface area contributed by atoms with Crippen LogP contribution in [0.2, 0.25) is 0 Å². The highest BCUT2D eigenvalue weighted by molar-refractivity contribution is 5.37. The molecule has 0 N–H and O–H groups in total. The van der Waals surface area contributed by atoms with Crippen molar-refractivity contribution >= 4 is 0 Å². The average molecular weight is 379 g/mol. The summed E-state index contributed by atoms with van der Waals surface area (Å²) in [5.74, 6) is 1.79. The highest BCUT2D eigenvalue weighted by atomic mass is 16.7. The molecule has 1 aromatic carbocycles. The van der Waals surface area contributed by atoms with E-state index in [-0.39, 0.29) is 7.43 Å². The summed E-state index contributed by atoms with van der Waals surface area (Å²) >= 11 is 0. The van der Waals surface area contributed by atoms with Crippen molar-refractivity contribution in [1.82, 2.24) is 9.96 Å². The van der Waals surface area contributed by atoms with E-state index in [0.29, 0.717) is 6.04 Å². The largest absolute Gasteiger partial charge is 0.497 e. The number of likely N-dealkylation sites (N-methyl/N-ethyl adjacent to an activating group) is 1. The number of hydroxylamine groups is 2. The topological polar surface area (TPSA) is 24.9 Å². The molecule has 0 spiro atoms. The van der Waals surface area contributed by atoms with Crippen LogP contribution in [0.15, 0.2) is 18.2 Å². The second-order valence-electron chi connectivity index (χ2n) is 7.73. The van der Waals surface area contributed by atoms with Crippen molar-refractivity contribution in [1.29, 1.82) is 0 Å². The van der Waals surface area contributed by atoms with E-state index in [9.17, 15) is 0 Å². The molecule has 0 saturated carbocycles. The van der Waals surface area contributed by atoms with Gasteiger partial charge in [-0.15, -0.1) is 0 Å². The first-order chi connectivity index (χ1) is 12.6. The van der Waals surface area contributed by atoms with Gasteiger partial charge in [0.15, 0.2) is 0 Å². The minimum Gasteiger partial charge on any atom is -0.497 e. The van der Waals surface area contributed by atoms with Crippen molar-refractivity contribution in [2.75, 3.05) is 40.9 Å². The number of hydrogen-bond donors (Lipinski definition) is 0. The normalized spacial score (nSPS) is 20.3. The van der Waals surface area contributed by atoms with Gasteiger partial charge in [-0.05, 0) is 68.3 Å². The van der Waals surface area contributed by atoms with Crippen molar-refractivity contribution in [3.05, 3.63) is 29.3 Å². The summed E-state index contributed by atoms with van der Waals surface area (Å²) in [7, 11) is 5.83. The molecule has 0 bridgehead atoms. The van der Waals surface area contributed by atoms with Gasteiger partial charge in [0.25, 0.3) is 0 Å². The summed E-state index contributed by atoms with van der Waals surface area (Å²) in [4.78, 5) is 7.92. The third-order valence-electron chi connectivity index (χ3n) is 5.62. The zero-order valence-electron chi connectivity index (χ0n) is 17.5. The summed E-state index contributed by atoms with van der Waals surface area (Å²) in [5.41, 5.74) is 2.98. The van der Waals surface area contributed by atoms with E-state index in [0.717, 1.165) is 31.2 Å². The Morgan fingerprint density at radius 3 is 2.33 bits per heavy atom. The number of piperidine rings is 1. The molecule has 4 heteroatoms. The number of fused-ring (bicyclic) bond motifs is 1. The molecule has 0 radical (unpaired) electrons. The van der Waals surface area contributed by atoms with Crippen LogP contribution in [0, 0.1) is 5.92 Å². The van der Waals surface area contributed by atoms with Gasteiger partial charge in [-0.2, -0.15) is 5.06 Å². The summed E-state index contributed by atoms with van der Waals surface area (Å²) < 4.78 is 5.39. The Morgan fingerprint density at radius 1 is 1.07 bits per heavy atom. The van der Waals surface area contributed by atoms with Gasteiger partial charge in [0.2, 0.25) is 0 Å². The Labute approximate surface area is 167 Å². The molecule has 1 saturated heterocycles. The Bertz CT molecular complexity index is 527. The van der Waals surface area contributed by atoms with Crippen LogP contribution < -0.4 is 4.74 Å². The third kappa shape index (κ3) is 7.10. The fraction of sp³-hybridized carbons (Fsp3) is 0.739. The van der Waals surface area contributed by atoms with Gasteiger partial charge in [0.05, 0.1) is 14.2 Å². The quantitative estimate of drug-likeness (QED) is 0.734. The van der Waals surface area contributed by atoms with E-state index >= 15 is 0 Å². The molecule has 4 nitrogen and oxygen atoms in total. The number of benzene rings is 1. The van der Waals surface area contributed by atoms with E-state index in [2.05, 4.69) is 49.1 Å². The van der Waals surface area contributed by atoms with Gasteiger partial charge >= 0.3 is 0 Å². The number of rotatable bonds is 5. The van der Waals surface area contributed by atoms with Gasteiger partial charge in [0, 0.05) is 25.7 Å². The van der Waals surface area contributed by atoms with Crippen LogP contribution in [0.1, 0.15) is 58.1 Å². The van der Waals surface area contributed by atoms with Crippen molar-refractivity contribution in [2.24, 2.45) is 5.92 Å². The molecule has 3 rings (SSSR count). The molecule has 156 valence electrons. The van der Waals surface area contributed by atoms with E-state index in [1.54, 1.807) is 14.2 Å². The summed E-state index contributed by atoms with van der Waals surface area (Å²) in [6, 6.07) is 7.22. The van der Waals surface area contributed by atoms with Crippen LogP contribution in [-0.4, -0.2) is 56.9 Å². The van der Waals surface area contributed by atoms with E-state index in [1.807, 2.05) is 0 Å². The monoisotopic (exact) mass is 378 g/mol. The second kappa shape index (κ2) is 12.4. The van der Waals surface area contributed by atoms with Crippen LogP contribution in [0.4, 0.5) is 0 Å². The predicted molar refractivity (Wildman–Crippen MR) is 115 cm³/mol. The Hall–Kier alpha value is -1.10. The van der Waals surface area contributed by atoms with E-state index < -0.39 is 0 Å². The second-order valence-corrected chi connectivity index (χ2v) is 7.73. The van der Waals surface area contributed by atoms with Crippen molar-refractivity contribution in [3.8, 4) is 5.75 Å². The number of methoxy groups -OCH3 is 1. The van der Waals surface area contributed by atoms with Gasteiger partial charge < -0.3 is 14.5 Å². The maximum absolute atomic E-state index is 5.39. The van der Waals surface area contributed by atoms with Gasteiger partial charge in [-0.1, -0.05) is 33.8 Å². The maximum atomic E-state index is 5.39. The number of ether oxygens (including phenoxy) is 1. The zero-order chi connectivity index (χ0) is 18.9. The fourth-order valence-electron chi connectivity index (χ4n) is 4.05. The summed E-state index contributed by atoms with van der Waals surface area (Å²) in [5, 5.41) is 2.08. The molecule has 0 aromatic heterocycles. The molecule has 0 amide bonds. The van der Waals surface area contributed by atoms with Crippen LogP contribution >= 0.6 is 0 Å². The van der Waals surface area contributed by atoms with Gasteiger partial charge in [-0.3, -0.25) is 0 Å². The van der Waals surface area contributed by atoms with E-state index in [4.69, 9.17) is 9.57 Å². The fourth-order valence-corrected chi connectivity index (χ4v) is 4.05. The first-order valence-electron chi connectivity index (χ1n) is 10.3. The summed E-state index contributed by atoms with van der Waals surface area (Å²) in [6.45, 7) is 7.60. The lowest BCUT2D eigenvalue weighted by molar-refractivity contribution is -0.149. The highest BCUT2D eigenvalue weighted by Gasteiger charge is 2.26. The lowest BCUT2D eigenvalue weighted by atomic mass is 9.86. The van der Waals surface area contributed by atoms with Gasteiger partial charge in [0.1, 0.15) is 5.75 Å². The lowest BCUT2D eigenvalue weighted by Crippen LogP contribution is -2.42. The molecular weight excluding hydrogens is 336 g/mol. The third-order valence-corrected chi connectivity index (χ3v) is 5.62. The van der Waals surface area contributed by atoms with Crippen LogP contribution in [0.5, 0.6) is 5.75 Å². The van der Waals surface area contributed by atoms with Crippen LogP contribution in [-0.2, 0) is 17.7 Å². The average Bonchev–Trinajstić information content (AvgIpc) is 2.68. The predicted octanol–water partition coefficient (Wildman–Crippen LogP) is 4.81. The van der Waals surface area contributed by atoms with Crippen molar-refractivity contribution in [2.45, 2.75) is 65.8 Å². The molecule has 27 heavy (non-hydrogen) atoms.